The molecule has 4 aliphatic carbocycles. The fourth-order valence-electron chi connectivity index (χ4n) is 10.5. The summed E-state index contributed by atoms with van der Waals surface area (Å²) in [5.74, 6) is -3.03. The second kappa shape index (κ2) is 11.8. The van der Waals surface area contributed by atoms with Crippen LogP contribution in [-0.2, 0) is 23.6 Å². The Morgan fingerprint density at radius 1 is 0.709 bits per heavy atom. The number of H-pyrrole nitrogens is 1. The van der Waals surface area contributed by atoms with Gasteiger partial charge in [0, 0.05) is 39.8 Å². The van der Waals surface area contributed by atoms with Crippen molar-refractivity contribution >= 4 is 0 Å². The Morgan fingerprint density at radius 2 is 1.25 bits per heavy atom. The lowest BCUT2D eigenvalue weighted by Gasteiger charge is -2.36. The van der Waals surface area contributed by atoms with Crippen LogP contribution in [0.5, 0.6) is 0 Å². The number of aromatic amines is 1. The van der Waals surface area contributed by atoms with Crippen molar-refractivity contribution in [3.63, 3.8) is 0 Å². The number of nitrogens with zero attached hydrogens (tertiary/aromatic N) is 3. The topological polar surface area (TPSA) is 64.7 Å². The summed E-state index contributed by atoms with van der Waals surface area (Å²) in [6.45, 7) is 12.5. The highest BCUT2D eigenvalue weighted by molar-refractivity contribution is 5.49. The van der Waals surface area contributed by atoms with E-state index < -0.39 is 46.0 Å². The molecule has 2 saturated carbocycles. The van der Waals surface area contributed by atoms with Gasteiger partial charge in [-0.2, -0.15) is 13.2 Å². The number of aromatic nitrogens is 4. The Hall–Kier alpha value is -4.81. The molecule has 4 atom stereocenters. The third-order valence-electron chi connectivity index (χ3n) is 14.3. The van der Waals surface area contributed by atoms with Crippen molar-refractivity contribution in [3.05, 3.63) is 138 Å². The number of hydrogen-bond donors (Lipinski definition) is 1. The van der Waals surface area contributed by atoms with Gasteiger partial charge in [0.25, 0.3) is 11.1 Å². The largest absolute Gasteiger partial charge is 0.416 e. The van der Waals surface area contributed by atoms with E-state index in [1.807, 2.05) is 6.92 Å². The molecule has 9 rings (SSSR count). The molecule has 6 nitrogen and oxygen atoms in total. The van der Waals surface area contributed by atoms with Crippen LogP contribution in [0.1, 0.15) is 113 Å². The summed E-state index contributed by atoms with van der Waals surface area (Å²) in [6, 6.07) is 11.3. The van der Waals surface area contributed by atoms with E-state index in [-0.39, 0.29) is 57.1 Å². The molecular formula is C42H41F7N4O2. The summed E-state index contributed by atoms with van der Waals surface area (Å²) in [7, 11) is 0. The first-order valence-electron chi connectivity index (χ1n) is 18.4. The highest BCUT2D eigenvalue weighted by atomic mass is 19.4. The zero-order chi connectivity index (χ0) is 39.8. The lowest BCUT2D eigenvalue weighted by molar-refractivity contribution is -0.138. The van der Waals surface area contributed by atoms with Gasteiger partial charge in [-0.3, -0.25) is 19.4 Å². The highest BCUT2D eigenvalue weighted by Gasteiger charge is 2.63. The van der Waals surface area contributed by atoms with Crippen LogP contribution < -0.4 is 11.1 Å². The van der Waals surface area contributed by atoms with E-state index in [1.54, 1.807) is 0 Å². The maximum atomic E-state index is 14.8. The predicted molar refractivity (Wildman–Crippen MR) is 193 cm³/mol. The molecule has 0 spiro atoms. The second-order valence-electron chi connectivity index (χ2n) is 17.1. The van der Waals surface area contributed by atoms with Crippen LogP contribution in [-0.4, -0.2) is 19.1 Å². The van der Waals surface area contributed by atoms with Crippen LogP contribution in [0.2, 0.25) is 0 Å². The van der Waals surface area contributed by atoms with E-state index in [1.165, 1.54) is 33.6 Å². The Bertz CT molecular complexity index is 2520. The average Bonchev–Trinajstić information content (AvgIpc) is 3.81. The Labute approximate surface area is 312 Å². The summed E-state index contributed by atoms with van der Waals surface area (Å²) < 4.78 is 101. The van der Waals surface area contributed by atoms with E-state index in [9.17, 15) is 40.3 Å². The number of nitrogens with one attached hydrogen (secondary N) is 1. The normalized spacial score (nSPS) is 25.2. The molecule has 4 aliphatic rings. The first kappa shape index (κ1) is 37.1. The Kier molecular flexibility index (Phi) is 8.00. The number of hydrogen-bond acceptors (Lipinski definition) is 2. The van der Waals surface area contributed by atoms with Crippen LogP contribution in [0.25, 0.3) is 11.4 Å². The van der Waals surface area contributed by atoms with Gasteiger partial charge < -0.3 is 0 Å². The predicted octanol–water partition coefficient (Wildman–Crippen LogP) is 9.78. The van der Waals surface area contributed by atoms with Crippen molar-refractivity contribution < 1.29 is 30.7 Å². The van der Waals surface area contributed by atoms with Crippen molar-refractivity contribution in [2.24, 2.45) is 10.8 Å². The quantitative estimate of drug-likeness (QED) is 0.185. The lowest BCUT2D eigenvalue weighted by Crippen LogP contribution is -2.36. The first-order chi connectivity index (χ1) is 25.6. The van der Waals surface area contributed by atoms with Gasteiger partial charge >= 0.3 is 6.18 Å². The minimum Gasteiger partial charge on any atom is -0.294 e. The summed E-state index contributed by atoms with van der Waals surface area (Å²) in [4.78, 5) is 26.5. The Morgan fingerprint density at radius 3 is 1.84 bits per heavy atom. The molecule has 55 heavy (non-hydrogen) atoms. The maximum Gasteiger partial charge on any atom is 0.416 e. The van der Waals surface area contributed by atoms with Crippen LogP contribution in [0.15, 0.2) is 70.3 Å². The fourth-order valence-corrected chi connectivity index (χ4v) is 10.5. The third-order valence-corrected chi connectivity index (χ3v) is 14.3. The monoisotopic (exact) mass is 766 g/mol. The highest BCUT2D eigenvalue weighted by Crippen LogP contribution is 2.68. The maximum absolute atomic E-state index is 14.8. The molecule has 0 amide bonds. The van der Waals surface area contributed by atoms with Crippen molar-refractivity contribution in [2.75, 3.05) is 0 Å². The smallest absolute Gasteiger partial charge is 0.294 e. The van der Waals surface area contributed by atoms with Crippen molar-refractivity contribution in [2.45, 2.75) is 103 Å². The van der Waals surface area contributed by atoms with Gasteiger partial charge in [-0.25, -0.2) is 26.9 Å². The molecule has 5 aromatic rings. The zero-order valence-electron chi connectivity index (χ0n) is 31.3. The standard InChI is InChI=1S/C25H23F5N2O.C17H18F2N2O/c1-23(2)17-10-11-24(23,3)21-20(17)22(33)32(19-9-8-15(26)12-18(19)27)31(21)13-14-6-4-5-7-16(14)25(28,29)30;1-16(2)10-6-7-17(16,3)14-13(10)15(22)21(20-14)12-5-4-9(18)8-11(12)19/h4-9,12,17H,10-11,13H2,1-3H3;4-5,8,10,20H,6-7H2,1-3H3/t17-,24+;10-,17+/m11/s1. The van der Waals surface area contributed by atoms with E-state index in [2.05, 4.69) is 39.7 Å². The molecule has 0 unspecified atom stereocenters. The third kappa shape index (κ3) is 4.99. The van der Waals surface area contributed by atoms with E-state index >= 15 is 0 Å². The SMILES string of the molecule is CC1(C)[C@@H]2CC[C@@]1(C)c1[nH]n(-c3ccc(F)cc3F)c(=O)c12.CC1(C)[C@@H]2CC[C@@]1(C)c1c2c(=O)n(-c2ccc(F)cc2F)n1Cc1ccccc1C(F)(F)F. The molecule has 290 valence electrons. The summed E-state index contributed by atoms with van der Waals surface area (Å²) in [5, 5.41) is 3.11. The molecule has 0 radical (unpaired) electrons. The molecule has 2 heterocycles. The summed E-state index contributed by atoms with van der Waals surface area (Å²) in [5.41, 5.74) is 0.445. The Balaban J connectivity index is 0.000000168. The van der Waals surface area contributed by atoms with Gasteiger partial charge in [-0.15, -0.1) is 0 Å². The van der Waals surface area contributed by atoms with Gasteiger partial charge in [-0.05, 0) is 84.2 Å². The number of rotatable bonds is 4. The molecule has 2 aromatic heterocycles. The number of halogens is 7. The number of alkyl halides is 3. The first-order valence-corrected chi connectivity index (χ1v) is 18.4. The van der Waals surface area contributed by atoms with Gasteiger partial charge in [0.05, 0.1) is 17.8 Å². The number of benzene rings is 3. The molecule has 1 N–H and O–H groups in total. The van der Waals surface area contributed by atoms with Crippen LogP contribution in [0.3, 0.4) is 0 Å². The van der Waals surface area contributed by atoms with Gasteiger partial charge in [0.1, 0.15) is 23.0 Å². The second-order valence-corrected chi connectivity index (χ2v) is 17.1. The molecule has 2 fully saturated rings. The van der Waals surface area contributed by atoms with Gasteiger partial charge in [0.2, 0.25) is 0 Å². The molecule has 0 aliphatic heterocycles. The lowest BCUT2D eigenvalue weighted by atomic mass is 9.70. The van der Waals surface area contributed by atoms with E-state index in [0.717, 1.165) is 72.0 Å². The molecule has 13 heteroatoms. The van der Waals surface area contributed by atoms with Gasteiger partial charge in [0.15, 0.2) is 11.6 Å². The van der Waals surface area contributed by atoms with Crippen LogP contribution >= 0.6 is 0 Å². The van der Waals surface area contributed by atoms with Crippen molar-refractivity contribution in [3.8, 4) is 11.4 Å². The molecule has 0 saturated heterocycles. The minimum atomic E-state index is -4.58. The van der Waals surface area contributed by atoms with E-state index in [0.29, 0.717) is 17.3 Å². The molecular weight excluding hydrogens is 725 g/mol. The van der Waals surface area contributed by atoms with E-state index in [4.69, 9.17) is 0 Å². The zero-order valence-corrected chi connectivity index (χ0v) is 31.3. The summed E-state index contributed by atoms with van der Waals surface area (Å²) >= 11 is 0. The fraction of sp³-hybridized carbons (Fsp3) is 0.429. The summed E-state index contributed by atoms with van der Waals surface area (Å²) in [6.07, 6.45) is -1.03. The molecule has 4 bridgehead atoms. The number of fused-ring (bicyclic) bond motifs is 10. The average molecular weight is 767 g/mol. The van der Waals surface area contributed by atoms with Crippen molar-refractivity contribution in [1.29, 1.82) is 0 Å². The van der Waals surface area contributed by atoms with Crippen molar-refractivity contribution in [1.82, 2.24) is 19.1 Å². The van der Waals surface area contributed by atoms with Crippen LogP contribution in [0, 0.1) is 34.1 Å². The van der Waals surface area contributed by atoms with Crippen LogP contribution in [0.4, 0.5) is 30.7 Å². The molecule has 3 aromatic carbocycles. The minimum absolute atomic E-state index is 0.0216. The van der Waals surface area contributed by atoms with Gasteiger partial charge in [-0.1, -0.05) is 59.7 Å².